The van der Waals surface area contributed by atoms with Crippen molar-refractivity contribution in [2.75, 3.05) is 22.8 Å². The highest BCUT2D eigenvalue weighted by Gasteiger charge is 2.27. The predicted octanol–water partition coefficient (Wildman–Crippen LogP) is 5.79. The Balaban J connectivity index is 1.41. The molecule has 1 amide bonds. The summed E-state index contributed by atoms with van der Waals surface area (Å²) in [7, 11) is -3.73. The highest BCUT2D eigenvalue weighted by molar-refractivity contribution is 7.92. The molecule has 192 valence electrons. The van der Waals surface area contributed by atoms with Gasteiger partial charge in [0.2, 0.25) is 0 Å². The van der Waals surface area contributed by atoms with Crippen molar-refractivity contribution < 1.29 is 17.9 Å². The number of ether oxygens (including phenoxy) is 1. The summed E-state index contributed by atoms with van der Waals surface area (Å²) < 4.78 is 35.0. The zero-order chi connectivity index (χ0) is 26.0. The van der Waals surface area contributed by atoms with E-state index >= 15 is 0 Å². The zero-order valence-electron chi connectivity index (χ0n) is 20.8. The molecule has 4 aromatic rings. The smallest absolute Gasteiger partial charge is 0.261 e. The number of hydrogen-bond acceptors (Lipinski definition) is 6. The van der Waals surface area contributed by atoms with E-state index in [0.717, 1.165) is 40.6 Å². The molecule has 1 aromatic heterocycles. The Hall–Kier alpha value is -3.27. The van der Waals surface area contributed by atoms with Crippen LogP contribution in [0.3, 0.4) is 0 Å². The fourth-order valence-electron chi connectivity index (χ4n) is 4.40. The lowest BCUT2D eigenvalue weighted by Gasteiger charge is -2.23. The van der Waals surface area contributed by atoms with Gasteiger partial charge < -0.3 is 4.74 Å². The number of thiazole rings is 1. The number of amides is 1. The number of anilines is 2. The standard InChI is InChI=1S/C28H29N3O4S2/c1-3-20-6-4-8-25-26(20)29-28(36-25)31(18-23-7-5-17-35-23)27(32)21-11-13-22(14-12-21)30-37(33,34)24-15-9-19(2)10-16-24/h4,6,8-16,23,30H,3,5,7,17-18H2,1-2H3. The highest BCUT2D eigenvalue weighted by Crippen LogP contribution is 2.33. The first kappa shape index (κ1) is 25.4. The first-order chi connectivity index (χ1) is 17.8. The van der Waals surface area contributed by atoms with E-state index in [1.807, 2.05) is 19.1 Å². The van der Waals surface area contributed by atoms with Crippen molar-refractivity contribution in [1.29, 1.82) is 0 Å². The summed E-state index contributed by atoms with van der Waals surface area (Å²) in [5, 5.41) is 0.639. The molecule has 3 aromatic carbocycles. The van der Waals surface area contributed by atoms with Crippen LogP contribution in [0.2, 0.25) is 0 Å². The molecule has 1 unspecified atom stereocenters. The molecule has 9 heteroatoms. The molecule has 0 saturated carbocycles. The van der Waals surface area contributed by atoms with E-state index in [2.05, 4.69) is 17.7 Å². The molecular formula is C28H29N3O4S2. The van der Waals surface area contributed by atoms with Crippen LogP contribution in [0, 0.1) is 6.92 Å². The maximum Gasteiger partial charge on any atom is 0.261 e. The number of carbonyl (C=O) groups is 1. The predicted molar refractivity (Wildman–Crippen MR) is 148 cm³/mol. The van der Waals surface area contributed by atoms with Crippen LogP contribution in [0.15, 0.2) is 71.6 Å². The number of benzene rings is 3. The maximum absolute atomic E-state index is 13.7. The van der Waals surface area contributed by atoms with Gasteiger partial charge in [-0.1, -0.05) is 48.1 Å². The molecule has 1 fully saturated rings. The Morgan fingerprint density at radius 2 is 1.86 bits per heavy atom. The van der Waals surface area contributed by atoms with Crippen molar-refractivity contribution in [2.24, 2.45) is 0 Å². The normalized spacial score (nSPS) is 15.7. The Morgan fingerprint density at radius 1 is 1.11 bits per heavy atom. The fraction of sp³-hybridized carbons (Fsp3) is 0.286. The van der Waals surface area contributed by atoms with E-state index in [0.29, 0.717) is 29.5 Å². The number of para-hydroxylation sites is 1. The van der Waals surface area contributed by atoms with Gasteiger partial charge in [0.1, 0.15) is 0 Å². The number of rotatable bonds is 8. The Kier molecular flexibility index (Phi) is 7.28. The molecule has 1 aliphatic heterocycles. The number of nitrogens with one attached hydrogen (secondary N) is 1. The third kappa shape index (κ3) is 5.53. The first-order valence-electron chi connectivity index (χ1n) is 12.4. The highest BCUT2D eigenvalue weighted by atomic mass is 32.2. The molecule has 0 radical (unpaired) electrons. The van der Waals surface area contributed by atoms with Crippen molar-refractivity contribution >= 4 is 48.3 Å². The van der Waals surface area contributed by atoms with E-state index in [1.54, 1.807) is 53.4 Å². The summed E-state index contributed by atoms with van der Waals surface area (Å²) in [6.07, 6.45) is 2.69. The monoisotopic (exact) mass is 535 g/mol. The lowest BCUT2D eigenvalue weighted by molar-refractivity contribution is 0.0917. The second-order valence-corrected chi connectivity index (χ2v) is 11.9. The molecule has 2 heterocycles. The minimum absolute atomic E-state index is 0.0396. The van der Waals surface area contributed by atoms with Crippen LogP contribution in [-0.2, 0) is 21.2 Å². The summed E-state index contributed by atoms with van der Waals surface area (Å²) in [6, 6.07) is 19.3. The summed E-state index contributed by atoms with van der Waals surface area (Å²) in [5.74, 6) is -0.194. The van der Waals surface area contributed by atoms with E-state index in [-0.39, 0.29) is 16.9 Å². The number of nitrogens with zero attached hydrogens (tertiary/aromatic N) is 2. The van der Waals surface area contributed by atoms with Crippen molar-refractivity contribution in [1.82, 2.24) is 4.98 Å². The largest absolute Gasteiger partial charge is 0.376 e. The van der Waals surface area contributed by atoms with Crippen LogP contribution in [0.4, 0.5) is 10.8 Å². The molecule has 0 bridgehead atoms. The minimum atomic E-state index is -3.73. The Morgan fingerprint density at radius 3 is 2.54 bits per heavy atom. The van der Waals surface area contributed by atoms with E-state index in [4.69, 9.17) is 9.72 Å². The zero-order valence-corrected chi connectivity index (χ0v) is 22.4. The molecule has 37 heavy (non-hydrogen) atoms. The summed E-state index contributed by atoms with van der Waals surface area (Å²) >= 11 is 1.50. The average Bonchev–Trinajstić information content (AvgIpc) is 3.57. The van der Waals surface area contributed by atoms with Crippen molar-refractivity contribution in [3.63, 3.8) is 0 Å². The average molecular weight is 536 g/mol. The summed E-state index contributed by atoms with van der Waals surface area (Å²) in [6.45, 7) is 5.11. The number of hydrogen-bond donors (Lipinski definition) is 1. The molecule has 0 aliphatic carbocycles. The maximum atomic E-state index is 13.7. The molecule has 7 nitrogen and oxygen atoms in total. The van der Waals surface area contributed by atoms with Crippen LogP contribution in [-0.4, -0.2) is 38.6 Å². The van der Waals surface area contributed by atoms with Gasteiger partial charge in [-0.25, -0.2) is 13.4 Å². The lowest BCUT2D eigenvalue weighted by atomic mass is 10.1. The Labute approximate surface area is 221 Å². The van der Waals surface area contributed by atoms with Crippen molar-refractivity contribution in [3.8, 4) is 0 Å². The van der Waals surface area contributed by atoms with Crippen LogP contribution < -0.4 is 9.62 Å². The molecule has 1 aliphatic rings. The van der Waals surface area contributed by atoms with Gasteiger partial charge in [-0.15, -0.1) is 0 Å². The van der Waals surface area contributed by atoms with Crippen LogP contribution in [0.5, 0.6) is 0 Å². The minimum Gasteiger partial charge on any atom is -0.376 e. The van der Waals surface area contributed by atoms with Gasteiger partial charge in [0.05, 0.1) is 27.8 Å². The second-order valence-electron chi connectivity index (χ2n) is 9.16. The van der Waals surface area contributed by atoms with Gasteiger partial charge in [-0.05, 0) is 74.2 Å². The van der Waals surface area contributed by atoms with E-state index < -0.39 is 10.0 Å². The van der Waals surface area contributed by atoms with Gasteiger partial charge in [0.25, 0.3) is 15.9 Å². The SMILES string of the molecule is CCc1cccc2sc(N(CC3CCCO3)C(=O)c3ccc(NS(=O)(=O)c4ccc(C)cc4)cc3)nc12. The summed E-state index contributed by atoms with van der Waals surface area (Å²) in [5.41, 5.74) is 3.89. The van der Waals surface area contributed by atoms with E-state index in [1.165, 1.54) is 11.3 Å². The first-order valence-corrected chi connectivity index (χ1v) is 14.7. The number of carbonyl (C=O) groups excluding carboxylic acids is 1. The quantitative estimate of drug-likeness (QED) is 0.308. The van der Waals surface area contributed by atoms with Crippen LogP contribution >= 0.6 is 11.3 Å². The third-order valence-corrected chi connectivity index (χ3v) is 8.91. The van der Waals surface area contributed by atoms with Gasteiger partial charge in [0.15, 0.2) is 5.13 Å². The number of aryl methyl sites for hydroxylation is 2. The van der Waals surface area contributed by atoms with Crippen molar-refractivity contribution in [3.05, 3.63) is 83.4 Å². The topological polar surface area (TPSA) is 88.6 Å². The van der Waals surface area contributed by atoms with E-state index in [9.17, 15) is 13.2 Å². The molecule has 1 atom stereocenters. The molecule has 5 rings (SSSR count). The van der Waals surface area contributed by atoms with Crippen LogP contribution in [0.1, 0.15) is 41.3 Å². The lowest BCUT2D eigenvalue weighted by Crippen LogP contribution is -2.37. The number of sulfonamides is 1. The van der Waals surface area contributed by atoms with Crippen LogP contribution in [0.25, 0.3) is 10.2 Å². The van der Waals surface area contributed by atoms with Gasteiger partial charge in [0, 0.05) is 17.9 Å². The van der Waals surface area contributed by atoms with Gasteiger partial charge in [-0.3, -0.25) is 14.4 Å². The Bertz CT molecular complexity index is 1510. The third-order valence-electron chi connectivity index (χ3n) is 6.47. The number of aromatic nitrogens is 1. The molecule has 0 spiro atoms. The number of fused-ring (bicyclic) bond motifs is 1. The van der Waals surface area contributed by atoms with Crippen molar-refractivity contribution in [2.45, 2.75) is 44.1 Å². The molecule has 1 N–H and O–H groups in total. The fourth-order valence-corrected chi connectivity index (χ4v) is 6.48. The molecule has 1 saturated heterocycles. The second kappa shape index (κ2) is 10.6. The van der Waals surface area contributed by atoms with Gasteiger partial charge >= 0.3 is 0 Å². The molecular weight excluding hydrogens is 506 g/mol. The summed E-state index contributed by atoms with van der Waals surface area (Å²) in [4.78, 5) is 20.5. The van der Waals surface area contributed by atoms with Gasteiger partial charge in [-0.2, -0.15) is 0 Å².